The van der Waals surface area contributed by atoms with E-state index in [0.717, 1.165) is 12.0 Å². The van der Waals surface area contributed by atoms with E-state index in [9.17, 15) is 29.7 Å². The number of carboxylic acid groups (broad SMARTS) is 1. The molecule has 3 aromatic carbocycles. The quantitative estimate of drug-likeness (QED) is 0.0820. The van der Waals surface area contributed by atoms with Crippen LogP contribution in [-0.4, -0.2) is 56.9 Å². The lowest BCUT2D eigenvalue weighted by atomic mass is 9.99. The molecule has 2 heterocycles. The molecule has 0 aliphatic rings. The molecule has 47 heavy (non-hydrogen) atoms. The number of ether oxygens (including phenoxy) is 1. The lowest BCUT2D eigenvalue weighted by Crippen LogP contribution is -2.27. The van der Waals surface area contributed by atoms with Crippen LogP contribution in [-0.2, 0) is 6.61 Å². The maximum absolute atomic E-state index is 12.5. The number of pyridine rings is 1. The zero-order valence-corrected chi connectivity index (χ0v) is 25.3. The number of fused-ring (bicyclic) bond motifs is 1. The highest BCUT2D eigenvalue weighted by Gasteiger charge is 2.18. The van der Waals surface area contributed by atoms with Gasteiger partial charge in [0.15, 0.2) is 12.3 Å². The first kappa shape index (κ1) is 32.7. The van der Waals surface area contributed by atoms with Gasteiger partial charge in [0.25, 0.3) is 5.91 Å². The van der Waals surface area contributed by atoms with Crippen LogP contribution in [0.5, 0.6) is 11.5 Å². The Morgan fingerprint density at radius 1 is 0.957 bits per heavy atom. The Morgan fingerprint density at radius 2 is 1.74 bits per heavy atom. The summed E-state index contributed by atoms with van der Waals surface area (Å²) in [7, 11) is 0. The number of hydrogen-bond donors (Lipinski definition) is 7. The van der Waals surface area contributed by atoms with Crippen molar-refractivity contribution in [3.8, 4) is 11.5 Å². The molecule has 0 saturated heterocycles. The average molecular weight is 642 g/mol. The van der Waals surface area contributed by atoms with Crippen molar-refractivity contribution in [2.24, 2.45) is 0 Å². The number of aromatic nitrogens is 2. The highest BCUT2D eigenvalue weighted by molar-refractivity contribution is 5.91. The van der Waals surface area contributed by atoms with Crippen LogP contribution in [0.2, 0.25) is 0 Å². The number of aromatic hydroxyl groups is 1. The van der Waals surface area contributed by atoms with Gasteiger partial charge in [-0.2, -0.15) is 0 Å². The summed E-state index contributed by atoms with van der Waals surface area (Å²) in [4.78, 5) is 42.4. The van der Waals surface area contributed by atoms with E-state index in [1.807, 2.05) is 30.3 Å². The van der Waals surface area contributed by atoms with Gasteiger partial charge in [-0.1, -0.05) is 48.5 Å². The number of amides is 2. The summed E-state index contributed by atoms with van der Waals surface area (Å²) >= 11 is 0. The minimum Gasteiger partial charge on any atom is -0.506 e. The number of hydrogen-bond acceptors (Lipinski definition) is 9. The number of phenolic OH excluding ortho intramolecular Hbond substituents is 1. The number of nitrogens with one attached hydrogen (secondary N) is 4. The molecule has 13 heteroatoms. The maximum Gasteiger partial charge on any atom is 0.405 e. The summed E-state index contributed by atoms with van der Waals surface area (Å²) in [6.45, 7) is 1.25. The second kappa shape index (κ2) is 15.6. The van der Waals surface area contributed by atoms with Crippen molar-refractivity contribution in [2.45, 2.75) is 31.6 Å². The topological polar surface area (TPSA) is 199 Å². The standard InChI is InChI=1S/C34H35N5O8/c40-27-13-11-24(25-12-14-29(42)38-32(25)27)28(41)18-35-15-4-5-16-36-33(43)26-19-47-30(37-26)20-46-23-10-6-9-22(17-23)31(39-34(44)45)21-7-2-1-3-8-21/h1-3,6-14,17,19,28,31,35,39-41H,4-5,15-16,18,20H2,(H,36,43)(H,38,42)(H,44,45)/t28-,31?/m1/s1. The van der Waals surface area contributed by atoms with Gasteiger partial charge in [-0.3, -0.25) is 9.59 Å². The van der Waals surface area contributed by atoms with Crippen LogP contribution in [0.4, 0.5) is 4.79 Å². The molecule has 0 saturated carbocycles. The summed E-state index contributed by atoms with van der Waals surface area (Å²) in [5, 5.41) is 39.1. The van der Waals surface area contributed by atoms with E-state index >= 15 is 0 Å². The molecule has 0 aliphatic heterocycles. The first-order valence-corrected chi connectivity index (χ1v) is 15.0. The smallest absolute Gasteiger partial charge is 0.405 e. The molecule has 2 amide bonds. The van der Waals surface area contributed by atoms with E-state index < -0.39 is 18.2 Å². The lowest BCUT2D eigenvalue weighted by Gasteiger charge is -2.18. The van der Waals surface area contributed by atoms with Crippen LogP contribution in [0.15, 0.2) is 94.3 Å². The SMILES string of the molecule is O=C(O)NC(c1ccccc1)c1cccc(OCc2nc(C(=O)NCCCCNC[C@@H](O)c3ccc(O)c4[nH]c(=O)ccc34)co2)c1. The van der Waals surface area contributed by atoms with Crippen molar-refractivity contribution in [3.05, 3.63) is 124 Å². The van der Waals surface area contributed by atoms with E-state index in [-0.39, 0.29) is 47.5 Å². The number of H-pyrrole nitrogens is 1. The molecule has 13 nitrogen and oxygen atoms in total. The molecule has 5 rings (SSSR count). The largest absolute Gasteiger partial charge is 0.506 e. The van der Waals surface area contributed by atoms with Crippen LogP contribution in [0.3, 0.4) is 0 Å². The van der Waals surface area contributed by atoms with Crippen molar-refractivity contribution < 1.29 is 34.1 Å². The van der Waals surface area contributed by atoms with Crippen LogP contribution >= 0.6 is 0 Å². The highest BCUT2D eigenvalue weighted by atomic mass is 16.5. The Balaban J connectivity index is 1.03. The van der Waals surface area contributed by atoms with Gasteiger partial charge in [-0.25, -0.2) is 9.78 Å². The zero-order chi connectivity index (χ0) is 33.2. The van der Waals surface area contributed by atoms with Crippen molar-refractivity contribution in [1.29, 1.82) is 0 Å². The van der Waals surface area contributed by atoms with Crippen LogP contribution in [0.1, 0.15) is 58.1 Å². The molecule has 0 spiro atoms. The van der Waals surface area contributed by atoms with Gasteiger partial charge in [0.1, 0.15) is 17.8 Å². The maximum atomic E-state index is 12.5. The van der Waals surface area contributed by atoms with Crippen molar-refractivity contribution >= 4 is 22.9 Å². The van der Waals surface area contributed by atoms with Gasteiger partial charge in [0.2, 0.25) is 11.4 Å². The van der Waals surface area contributed by atoms with Gasteiger partial charge >= 0.3 is 6.09 Å². The number of unbranched alkanes of at least 4 members (excludes halogenated alkanes) is 1. The molecule has 0 radical (unpaired) electrons. The molecule has 1 unspecified atom stereocenters. The molecular weight excluding hydrogens is 606 g/mol. The summed E-state index contributed by atoms with van der Waals surface area (Å²) in [6, 6.07) is 21.6. The number of aromatic amines is 1. The third-order valence-corrected chi connectivity index (χ3v) is 7.41. The number of carbonyl (C=O) groups is 2. The number of nitrogens with zero attached hydrogens (tertiary/aromatic N) is 1. The molecule has 5 aromatic rings. The first-order valence-electron chi connectivity index (χ1n) is 15.0. The second-order valence-corrected chi connectivity index (χ2v) is 10.7. The Labute approximate surface area is 269 Å². The Morgan fingerprint density at radius 3 is 2.55 bits per heavy atom. The zero-order valence-electron chi connectivity index (χ0n) is 25.3. The Kier molecular flexibility index (Phi) is 10.8. The minimum atomic E-state index is -1.15. The summed E-state index contributed by atoms with van der Waals surface area (Å²) in [5.74, 6) is 0.243. The number of aliphatic hydroxyl groups is 1. The lowest BCUT2D eigenvalue weighted by molar-refractivity contribution is 0.0947. The van der Waals surface area contributed by atoms with Crippen LogP contribution in [0.25, 0.3) is 10.9 Å². The minimum absolute atomic E-state index is 0.0332. The van der Waals surface area contributed by atoms with Gasteiger partial charge in [0.05, 0.1) is 17.7 Å². The predicted molar refractivity (Wildman–Crippen MR) is 172 cm³/mol. The fourth-order valence-corrected chi connectivity index (χ4v) is 5.10. The van der Waals surface area contributed by atoms with E-state index in [0.29, 0.717) is 41.8 Å². The van der Waals surface area contributed by atoms with E-state index in [2.05, 4.69) is 25.9 Å². The van der Waals surface area contributed by atoms with Crippen LogP contribution < -0.4 is 26.2 Å². The van der Waals surface area contributed by atoms with Gasteiger partial charge in [-0.05, 0) is 60.3 Å². The van der Waals surface area contributed by atoms with E-state index in [4.69, 9.17) is 9.15 Å². The second-order valence-electron chi connectivity index (χ2n) is 10.7. The third kappa shape index (κ3) is 8.75. The fourth-order valence-electron chi connectivity index (χ4n) is 5.10. The van der Waals surface area contributed by atoms with Crippen molar-refractivity contribution in [3.63, 3.8) is 0 Å². The first-order chi connectivity index (χ1) is 22.8. The number of oxazole rings is 1. The summed E-state index contributed by atoms with van der Waals surface area (Å²) in [5.41, 5.74) is 2.13. The van der Waals surface area contributed by atoms with Crippen molar-refractivity contribution in [1.82, 2.24) is 25.9 Å². The third-order valence-electron chi connectivity index (χ3n) is 7.41. The monoisotopic (exact) mass is 641 g/mol. The van der Waals surface area contributed by atoms with Crippen molar-refractivity contribution in [2.75, 3.05) is 19.6 Å². The molecule has 7 N–H and O–H groups in total. The number of benzene rings is 3. The number of phenols is 1. The molecule has 2 aromatic heterocycles. The number of carbonyl (C=O) groups excluding carboxylic acids is 1. The summed E-state index contributed by atoms with van der Waals surface area (Å²) < 4.78 is 11.2. The van der Waals surface area contributed by atoms with Gasteiger partial charge < -0.3 is 45.4 Å². The van der Waals surface area contributed by atoms with Crippen LogP contribution in [0, 0.1) is 0 Å². The number of rotatable bonds is 15. The molecular formula is C34H35N5O8. The highest BCUT2D eigenvalue weighted by Crippen LogP contribution is 2.29. The van der Waals surface area contributed by atoms with E-state index in [1.165, 1.54) is 18.4 Å². The van der Waals surface area contributed by atoms with Gasteiger partial charge in [-0.15, -0.1) is 0 Å². The molecule has 0 bridgehead atoms. The molecule has 0 aliphatic carbocycles. The average Bonchev–Trinajstić information content (AvgIpc) is 3.56. The predicted octanol–water partition coefficient (Wildman–Crippen LogP) is 3.99. The fraction of sp³-hybridized carbons (Fsp3) is 0.235. The van der Waals surface area contributed by atoms with E-state index in [1.54, 1.807) is 36.4 Å². The normalized spacial score (nSPS) is 12.4. The molecule has 2 atom stereocenters. The molecule has 244 valence electrons. The number of aliphatic hydroxyl groups excluding tert-OH is 1. The Bertz CT molecular complexity index is 1870. The Hall–Kier alpha value is -5.66. The summed E-state index contributed by atoms with van der Waals surface area (Å²) in [6.07, 6.45) is 0.685. The molecule has 0 fully saturated rings. The van der Waals surface area contributed by atoms with Gasteiger partial charge in [0, 0.05) is 24.5 Å².